The molecular weight excluding hydrogens is 1370 g/mol. The van der Waals surface area contributed by atoms with Crippen molar-refractivity contribution in [3.63, 3.8) is 0 Å². The lowest BCUT2D eigenvalue weighted by Gasteiger charge is -2.28. The molecule has 23 heteroatoms. The summed E-state index contributed by atoms with van der Waals surface area (Å²) in [5.41, 5.74) is -1.66. The van der Waals surface area contributed by atoms with Crippen molar-refractivity contribution >= 4 is 42.0 Å². The summed E-state index contributed by atoms with van der Waals surface area (Å²) in [4.78, 5) is 96.6. The highest BCUT2D eigenvalue weighted by Crippen LogP contribution is 2.24. The second kappa shape index (κ2) is 71.9. The van der Waals surface area contributed by atoms with E-state index in [2.05, 4.69) is 34.6 Å². The summed E-state index contributed by atoms with van der Waals surface area (Å²) < 4.78 is 74.1. The molecule has 3 unspecified atom stereocenters. The van der Waals surface area contributed by atoms with Crippen LogP contribution in [0.15, 0.2) is 0 Å². The largest absolute Gasteiger partial charge is 0.465 e. The second-order valence-electron chi connectivity index (χ2n) is 30.6. The Hall–Kier alpha value is -4.39. The molecule has 630 valence electrons. The molecule has 0 rings (SSSR count). The average molecular weight is 1530 g/mol. The fourth-order valence-electron chi connectivity index (χ4n) is 11.9. The normalized spacial score (nSPS) is 12.5. The van der Waals surface area contributed by atoms with E-state index in [4.69, 9.17) is 61.6 Å². The number of esters is 4. The van der Waals surface area contributed by atoms with E-state index in [0.29, 0.717) is 72.6 Å². The molecule has 0 aliphatic carbocycles. The molecule has 0 aliphatic rings. The summed E-state index contributed by atoms with van der Waals surface area (Å²) in [6, 6.07) is 0. The number of nitrogens with zero attached hydrogens (tertiary/aromatic N) is 3. The van der Waals surface area contributed by atoms with Gasteiger partial charge < -0.3 is 66.5 Å². The number of carbonyl (C=O) groups is 7. The van der Waals surface area contributed by atoms with Crippen molar-refractivity contribution in [3.05, 3.63) is 0 Å². The lowest BCUT2D eigenvalue weighted by molar-refractivity contribution is -0.150. The van der Waals surface area contributed by atoms with Crippen LogP contribution in [0.3, 0.4) is 0 Å². The fraction of sp³-hybridized carbons (Fsp3) is 0.917. The van der Waals surface area contributed by atoms with Crippen LogP contribution in [0.25, 0.3) is 0 Å². The van der Waals surface area contributed by atoms with Crippen molar-refractivity contribution in [2.75, 3.05) is 152 Å². The van der Waals surface area contributed by atoms with Gasteiger partial charge in [0.25, 0.3) is 5.91 Å². The van der Waals surface area contributed by atoms with E-state index in [-0.39, 0.29) is 89.0 Å². The van der Waals surface area contributed by atoms with Gasteiger partial charge in [-0.25, -0.2) is 9.59 Å². The minimum absolute atomic E-state index is 0.00107. The maximum atomic E-state index is 14.6. The van der Waals surface area contributed by atoms with Gasteiger partial charge in [-0.05, 0) is 112 Å². The van der Waals surface area contributed by atoms with Gasteiger partial charge in [0.2, 0.25) is 0 Å². The highest BCUT2D eigenvalue weighted by molar-refractivity contribution is 5.81. The minimum atomic E-state index is -0.869. The Kier molecular flexibility index (Phi) is 68.9. The molecule has 0 aromatic carbocycles. The predicted molar refractivity (Wildman–Crippen MR) is 423 cm³/mol. The molecule has 0 heterocycles. The summed E-state index contributed by atoms with van der Waals surface area (Å²) in [7, 11) is 1.47. The molecule has 0 fully saturated rings. The van der Waals surface area contributed by atoms with E-state index < -0.39 is 54.5 Å². The van der Waals surface area contributed by atoms with Crippen molar-refractivity contribution in [1.29, 1.82) is 0 Å². The summed E-state index contributed by atoms with van der Waals surface area (Å²) >= 11 is 0. The van der Waals surface area contributed by atoms with Crippen LogP contribution >= 0.6 is 0 Å². The summed E-state index contributed by atoms with van der Waals surface area (Å²) in [5.74, 6) is -1.64. The Morgan fingerprint density at radius 1 is 0.299 bits per heavy atom. The molecule has 0 saturated heterocycles. The molecule has 107 heavy (non-hydrogen) atoms. The number of ether oxygens (including phenoxy) is 13. The first-order chi connectivity index (χ1) is 51.7. The minimum Gasteiger partial charge on any atom is -0.465 e. The monoisotopic (exact) mass is 1530 g/mol. The molecule has 0 N–H and O–H groups in total. The molecule has 3 amide bonds. The number of carbonyl (C=O) groups excluding carboxylic acids is 7. The molecule has 0 aromatic heterocycles. The van der Waals surface area contributed by atoms with Gasteiger partial charge >= 0.3 is 36.1 Å². The third-order valence-corrected chi connectivity index (χ3v) is 18.2. The molecule has 0 bridgehead atoms. The summed E-state index contributed by atoms with van der Waals surface area (Å²) in [6.07, 6.45) is 38.5. The van der Waals surface area contributed by atoms with E-state index in [1.165, 1.54) is 116 Å². The zero-order chi connectivity index (χ0) is 79.1. The predicted octanol–water partition coefficient (Wildman–Crippen LogP) is 17.7. The first kappa shape index (κ1) is 103. The lowest BCUT2D eigenvalue weighted by Crippen LogP contribution is -2.45. The van der Waals surface area contributed by atoms with Gasteiger partial charge in [-0.2, -0.15) is 0 Å². The number of hydrogen-bond acceptors (Lipinski definition) is 20. The van der Waals surface area contributed by atoms with Crippen molar-refractivity contribution in [2.45, 2.75) is 337 Å². The zero-order valence-electron chi connectivity index (χ0n) is 70.2. The van der Waals surface area contributed by atoms with Crippen LogP contribution < -0.4 is 0 Å². The maximum Gasteiger partial charge on any atom is 0.410 e. The number of rotatable bonds is 76. The third-order valence-electron chi connectivity index (χ3n) is 18.2. The number of amides is 3. The summed E-state index contributed by atoms with van der Waals surface area (Å²) in [5, 5.41) is 0. The number of hydrogen-bond donors (Lipinski definition) is 0. The first-order valence-corrected chi connectivity index (χ1v) is 42.5. The van der Waals surface area contributed by atoms with Crippen molar-refractivity contribution < 1.29 is 95.1 Å². The Morgan fingerprint density at radius 3 is 1.04 bits per heavy atom. The maximum absolute atomic E-state index is 14.6. The third kappa shape index (κ3) is 64.9. The van der Waals surface area contributed by atoms with Crippen LogP contribution in [0.4, 0.5) is 9.59 Å². The van der Waals surface area contributed by atoms with Crippen LogP contribution in [0, 0.1) is 11.8 Å². The SMILES string of the molecule is CCCCCCCCC(CCCCCC)C(=O)OCCCCCCOCC(OCCCCCCOC(=O)C(CCCCCC)CCCCCCCC)C(=O)N(CCCCCCCC)CCOCCOCCOCCOCCOC(=O)CN(CCOC(=O)CN(CCOC)C(=O)OC(C)(C)C)C(=O)OC(C)(C)C. The van der Waals surface area contributed by atoms with Gasteiger partial charge in [-0.1, -0.05) is 208 Å². The van der Waals surface area contributed by atoms with Gasteiger partial charge in [0.15, 0.2) is 6.10 Å². The zero-order valence-corrected chi connectivity index (χ0v) is 70.2. The van der Waals surface area contributed by atoms with Crippen molar-refractivity contribution in [3.8, 4) is 0 Å². The van der Waals surface area contributed by atoms with Crippen molar-refractivity contribution in [2.24, 2.45) is 11.8 Å². The Bertz CT molecular complexity index is 2130. The van der Waals surface area contributed by atoms with Gasteiger partial charge in [0.05, 0.1) is 97.7 Å². The first-order valence-electron chi connectivity index (χ1n) is 42.5. The smallest absolute Gasteiger partial charge is 0.410 e. The average Bonchev–Trinajstić information content (AvgIpc) is 0.903. The fourth-order valence-corrected chi connectivity index (χ4v) is 11.9. The van der Waals surface area contributed by atoms with E-state index in [9.17, 15) is 33.6 Å². The van der Waals surface area contributed by atoms with Crippen LogP contribution in [0.5, 0.6) is 0 Å². The Labute approximate surface area is 650 Å². The van der Waals surface area contributed by atoms with Crippen LogP contribution in [0.2, 0.25) is 0 Å². The Balaban J connectivity index is 5.44. The standard InChI is InChI=1S/C84H159N3O20/c1-13-18-23-28-31-40-49-73(47-38-26-21-16-4)79(91)104-57-45-35-34-43-55-100-72-75(101-56-44-36-37-46-58-105-80(92)74(48-39-27-22-17-5)50-41-32-29-24-19-14-2)78(90)85(51-42-33-30-25-20-15-3)53-60-96-62-63-97-64-65-98-66-67-99-68-69-103-77(89)71-87(82(94)107-84(9,10)11)54-61-102-76(88)70-86(52-59-95-12)81(93)106-83(6,7)8/h73-75H,13-72H2,1-12H3. The molecule has 23 nitrogen and oxygen atoms in total. The van der Waals surface area contributed by atoms with Crippen LogP contribution in [-0.2, 0) is 85.6 Å². The number of unbranched alkanes of at least 4 members (excludes halogenated alkanes) is 27. The molecule has 3 atom stereocenters. The molecular formula is C84H159N3O20. The lowest BCUT2D eigenvalue weighted by atomic mass is 9.94. The number of methoxy groups -OCH3 is 1. The van der Waals surface area contributed by atoms with Gasteiger partial charge in [0, 0.05) is 40.0 Å². The van der Waals surface area contributed by atoms with Crippen LogP contribution in [-0.4, -0.2) is 226 Å². The van der Waals surface area contributed by atoms with E-state index in [1.807, 2.05) is 4.90 Å². The van der Waals surface area contributed by atoms with E-state index in [0.717, 1.165) is 145 Å². The summed E-state index contributed by atoms with van der Waals surface area (Å²) in [6.45, 7) is 25.2. The molecule has 0 aliphatic heterocycles. The quantitative estimate of drug-likeness (QED) is 0.0312. The highest BCUT2D eigenvalue weighted by atomic mass is 16.6. The second-order valence-corrected chi connectivity index (χ2v) is 30.6. The topological polar surface area (TPSA) is 249 Å². The van der Waals surface area contributed by atoms with Crippen molar-refractivity contribution in [1.82, 2.24) is 14.7 Å². The van der Waals surface area contributed by atoms with Gasteiger partial charge in [0.1, 0.15) is 37.5 Å². The molecule has 0 radical (unpaired) electrons. The Morgan fingerprint density at radius 2 is 0.626 bits per heavy atom. The molecule has 0 saturated carbocycles. The van der Waals surface area contributed by atoms with Gasteiger partial charge in [-0.15, -0.1) is 0 Å². The molecule has 0 spiro atoms. The van der Waals surface area contributed by atoms with E-state index >= 15 is 0 Å². The molecule has 0 aromatic rings. The highest BCUT2D eigenvalue weighted by Gasteiger charge is 2.29. The van der Waals surface area contributed by atoms with Crippen LogP contribution in [0.1, 0.15) is 320 Å². The van der Waals surface area contributed by atoms with E-state index in [1.54, 1.807) is 41.5 Å². The van der Waals surface area contributed by atoms with Gasteiger partial charge in [-0.3, -0.25) is 33.8 Å².